The summed E-state index contributed by atoms with van der Waals surface area (Å²) in [5.41, 5.74) is 0.377. The zero-order chi connectivity index (χ0) is 13.8. The first-order chi connectivity index (χ1) is 9.08. The van der Waals surface area contributed by atoms with Gasteiger partial charge in [0.2, 0.25) is 0 Å². The normalized spacial score (nSPS) is 12.2. The molecule has 1 heterocycles. The predicted octanol–water partition coefficient (Wildman–Crippen LogP) is 2.06. The Morgan fingerprint density at radius 2 is 2.26 bits per heavy atom. The Kier molecular flexibility index (Phi) is 4.24. The lowest BCUT2D eigenvalue weighted by Crippen LogP contribution is -2.29. The minimum absolute atomic E-state index is 0.172. The van der Waals surface area contributed by atoms with Crippen LogP contribution in [0.3, 0.4) is 0 Å². The van der Waals surface area contributed by atoms with Crippen LogP contribution in [0, 0.1) is 5.82 Å². The SMILES string of the molecule is CC(O)CNC(=O)c1cnc(-c2ccccc2F)s1. The predicted molar refractivity (Wildman–Crippen MR) is 71.5 cm³/mol. The van der Waals surface area contributed by atoms with E-state index in [1.54, 1.807) is 25.1 Å². The molecule has 1 aromatic heterocycles. The van der Waals surface area contributed by atoms with E-state index < -0.39 is 6.10 Å². The number of hydrogen-bond donors (Lipinski definition) is 2. The van der Waals surface area contributed by atoms with E-state index in [0.717, 1.165) is 11.3 Å². The maximum absolute atomic E-state index is 13.6. The molecular formula is C13H13FN2O2S. The van der Waals surface area contributed by atoms with E-state index in [-0.39, 0.29) is 18.3 Å². The maximum Gasteiger partial charge on any atom is 0.263 e. The van der Waals surface area contributed by atoms with Crippen molar-refractivity contribution in [2.24, 2.45) is 0 Å². The van der Waals surface area contributed by atoms with E-state index >= 15 is 0 Å². The molecule has 1 unspecified atom stereocenters. The molecule has 0 bridgehead atoms. The van der Waals surface area contributed by atoms with Gasteiger partial charge in [-0.05, 0) is 19.1 Å². The Bertz CT molecular complexity index is 584. The number of carbonyl (C=O) groups excluding carboxylic acids is 1. The number of amides is 1. The molecule has 2 rings (SSSR count). The third-order valence-electron chi connectivity index (χ3n) is 2.39. The summed E-state index contributed by atoms with van der Waals surface area (Å²) < 4.78 is 13.6. The van der Waals surface area contributed by atoms with Crippen molar-refractivity contribution in [1.82, 2.24) is 10.3 Å². The molecule has 0 aliphatic heterocycles. The van der Waals surface area contributed by atoms with Crippen LogP contribution in [0.5, 0.6) is 0 Å². The Hall–Kier alpha value is -1.79. The number of benzene rings is 1. The summed E-state index contributed by atoms with van der Waals surface area (Å²) in [6.07, 6.45) is 0.798. The van der Waals surface area contributed by atoms with Crippen molar-refractivity contribution in [3.05, 3.63) is 41.2 Å². The number of nitrogens with zero attached hydrogens (tertiary/aromatic N) is 1. The van der Waals surface area contributed by atoms with Crippen LogP contribution in [0.1, 0.15) is 16.6 Å². The number of aromatic nitrogens is 1. The minimum Gasteiger partial charge on any atom is -0.392 e. The smallest absolute Gasteiger partial charge is 0.263 e. The summed E-state index contributed by atoms with van der Waals surface area (Å²) in [6, 6.07) is 6.28. The number of rotatable bonds is 4. The first-order valence-electron chi connectivity index (χ1n) is 5.75. The van der Waals surface area contributed by atoms with Crippen molar-refractivity contribution in [3.63, 3.8) is 0 Å². The zero-order valence-electron chi connectivity index (χ0n) is 10.3. The van der Waals surface area contributed by atoms with E-state index in [1.165, 1.54) is 12.3 Å². The van der Waals surface area contributed by atoms with Gasteiger partial charge in [0.25, 0.3) is 5.91 Å². The molecule has 6 heteroatoms. The summed E-state index contributed by atoms with van der Waals surface area (Å²) in [5.74, 6) is -0.686. The third kappa shape index (κ3) is 3.36. The molecule has 0 aliphatic carbocycles. The van der Waals surface area contributed by atoms with E-state index in [2.05, 4.69) is 10.3 Å². The first-order valence-corrected chi connectivity index (χ1v) is 6.56. The van der Waals surface area contributed by atoms with Crippen LogP contribution in [0.25, 0.3) is 10.6 Å². The average molecular weight is 280 g/mol. The highest BCUT2D eigenvalue weighted by molar-refractivity contribution is 7.16. The van der Waals surface area contributed by atoms with Gasteiger partial charge in [0.1, 0.15) is 15.7 Å². The standard InChI is InChI=1S/C13H13FN2O2S/c1-8(17)6-15-12(18)11-7-16-13(19-11)9-4-2-3-5-10(9)14/h2-5,7-8,17H,6H2,1H3,(H,15,18). The summed E-state index contributed by atoms with van der Waals surface area (Å²) in [5, 5.41) is 12.1. The number of halogens is 1. The first kappa shape index (κ1) is 13.6. The fourth-order valence-corrected chi connectivity index (χ4v) is 2.33. The van der Waals surface area contributed by atoms with Gasteiger partial charge >= 0.3 is 0 Å². The Morgan fingerprint density at radius 3 is 2.95 bits per heavy atom. The largest absolute Gasteiger partial charge is 0.392 e. The van der Waals surface area contributed by atoms with E-state index in [4.69, 9.17) is 5.11 Å². The van der Waals surface area contributed by atoms with Crippen molar-refractivity contribution >= 4 is 17.2 Å². The van der Waals surface area contributed by atoms with Gasteiger partial charge in [-0.2, -0.15) is 0 Å². The molecule has 0 aliphatic rings. The minimum atomic E-state index is -0.608. The van der Waals surface area contributed by atoms with E-state index in [1.807, 2.05) is 0 Å². The highest BCUT2D eigenvalue weighted by Gasteiger charge is 2.13. The highest BCUT2D eigenvalue weighted by atomic mass is 32.1. The van der Waals surface area contributed by atoms with Crippen LogP contribution in [0.15, 0.2) is 30.5 Å². The number of thiazole rings is 1. The van der Waals surface area contributed by atoms with Crippen molar-refractivity contribution in [2.75, 3.05) is 6.54 Å². The lowest BCUT2D eigenvalue weighted by molar-refractivity contribution is 0.0928. The molecule has 0 saturated heterocycles. The Labute approximate surface area is 113 Å². The van der Waals surface area contributed by atoms with Gasteiger partial charge in [-0.25, -0.2) is 9.37 Å². The molecule has 1 amide bonds. The second kappa shape index (κ2) is 5.90. The molecule has 1 aromatic carbocycles. The van der Waals surface area contributed by atoms with Gasteiger partial charge in [-0.3, -0.25) is 4.79 Å². The molecule has 2 aromatic rings. The molecule has 2 N–H and O–H groups in total. The summed E-state index contributed by atoms with van der Waals surface area (Å²) in [6.45, 7) is 1.75. The topological polar surface area (TPSA) is 62.2 Å². The fourth-order valence-electron chi connectivity index (χ4n) is 1.47. The summed E-state index contributed by atoms with van der Waals surface area (Å²) >= 11 is 1.12. The number of aliphatic hydroxyl groups excluding tert-OH is 1. The van der Waals surface area contributed by atoms with Crippen molar-refractivity contribution in [2.45, 2.75) is 13.0 Å². The van der Waals surface area contributed by atoms with Crippen LogP contribution in [0.4, 0.5) is 4.39 Å². The molecule has 0 saturated carbocycles. The summed E-state index contributed by atoms with van der Waals surface area (Å²) in [4.78, 5) is 16.2. The molecule has 0 radical (unpaired) electrons. The number of nitrogens with one attached hydrogen (secondary N) is 1. The Balaban J connectivity index is 2.15. The van der Waals surface area contributed by atoms with Gasteiger partial charge in [-0.15, -0.1) is 11.3 Å². The molecule has 0 spiro atoms. The fraction of sp³-hybridized carbons (Fsp3) is 0.231. The number of hydrogen-bond acceptors (Lipinski definition) is 4. The lowest BCUT2D eigenvalue weighted by atomic mass is 10.2. The highest BCUT2D eigenvalue weighted by Crippen LogP contribution is 2.27. The van der Waals surface area contributed by atoms with E-state index in [9.17, 15) is 9.18 Å². The number of carbonyl (C=O) groups is 1. The monoisotopic (exact) mass is 280 g/mol. The van der Waals surface area contributed by atoms with Crippen LogP contribution in [-0.2, 0) is 0 Å². The van der Waals surface area contributed by atoms with E-state index in [0.29, 0.717) is 15.4 Å². The van der Waals surface area contributed by atoms with Crippen LogP contribution in [0.2, 0.25) is 0 Å². The van der Waals surface area contributed by atoms with Gasteiger partial charge in [0.05, 0.1) is 12.3 Å². The number of aliphatic hydroxyl groups is 1. The molecular weight excluding hydrogens is 267 g/mol. The van der Waals surface area contributed by atoms with Crippen molar-refractivity contribution < 1.29 is 14.3 Å². The van der Waals surface area contributed by atoms with Gasteiger partial charge in [0, 0.05) is 12.1 Å². The van der Waals surface area contributed by atoms with Gasteiger partial charge in [0.15, 0.2) is 0 Å². The average Bonchev–Trinajstić information content (AvgIpc) is 2.86. The zero-order valence-corrected chi connectivity index (χ0v) is 11.1. The maximum atomic E-state index is 13.6. The third-order valence-corrected chi connectivity index (χ3v) is 3.42. The van der Waals surface area contributed by atoms with Gasteiger partial charge in [-0.1, -0.05) is 12.1 Å². The second-order valence-corrected chi connectivity index (χ2v) is 5.10. The molecule has 1 atom stereocenters. The molecule has 19 heavy (non-hydrogen) atoms. The van der Waals surface area contributed by atoms with Crippen LogP contribution < -0.4 is 5.32 Å². The van der Waals surface area contributed by atoms with Crippen LogP contribution >= 0.6 is 11.3 Å². The van der Waals surface area contributed by atoms with Crippen molar-refractivity contribution in [1.29, 1.82) is 0 Å². The summed E-state index contributed by atoms with van der Waals surface area (Å²) in [7, 11) is 0. The van der Waals surface area contributed by atoms with Gasteiger partial charge < -0.3 is 10.4 Å². The molecule has 0 fully saturated rings. The van der Waals surface area contributed by atoms with Crippen molar-refractivity contribution in [3.8, 4) is 10.6 Å². The van der Waals surface area contributed by atoms with Crippen LogP contribution in [-0.4, -0.2) is 28.6 Å². The molecule has 4 nitrogen and oxygen atoms in total. The quantitative estimate of drug-likeness (QED) is 0.901. The second-order valence-electron chi connectivity index (χ2n) is 4.07. The lowest BCUT2D eigenvalue weighted by Gasteiger charge is -2.04. The Morgan fingerprint density at radius 1 is 1.53 bits per heavy atom. The molecule has 100 valence electrons.